The molecule has 2 heterocycles. The van der Waals surface area contributed by atoms with Crippen molar-refractivity contribution in [1.82, 2.24) is 24.6 Å². The van der Waals surface area contributed by atoms with Crippen molar-refractivity contribution in [1.29, 1.82) is 0 Å². The quantitative estimate of drug-likeness (QED) is 0.464. The second kappa shape index (κ2) is 9.25. The minimum Gasteiger partial charge on any atom is -0.352 e. The summed E-state index contributed by atoms with van der Waals surface area (Å²) < 4.78 is 2.70. The predicted molar refractivity (Wildman–Crippen MR) is 120 cm³/mol. The van der Waals surface area contributed by atoms with E-state index in [-0.39, 0.29) is 18.0 Å². The van der Waals surface area contributed by atoms with Crippen LogP contribution >= 0.6 is 0 Å². The molecular weight excluding hydrogens is 408 g/mol. The van der Waals surface area contributed by atoms with Crippen LogP contribution in [0.3, 0.4) is 0 Å². The molecule has 2 N–H and O–H groups in total. The van der Waals surface area contributed by atoms with Gasteiger partial charge in [-0.1, -0.05) is 42.5 Å². The standard InChI is InChI=1S/C23H22N6O3/c1-28-21-18(13-26-28)23(32)29(15-25-21)14-20(30)27-19-10-6-5-9-17(19)22(31)24-12-11-16-7-3-2-4-8-16/h2-10,13,15H,11-12,14H2,1H3,(H,24,31)(H,27,30). The molecule has 162 valence electrons. The third kappa shape index (κ3) is 4.56. The third-order valence-corrected chi connectivity index (χ3v) is 5.02. The van der Waals surface area contributed by atoms with Gasteiger partial charge in [-0.3, -0.25) is 23.6 Å². The zero-order valence-corrected chi connectivity index (χ0v) is 17.5. The lowest BCUT2D eigenvalue weighted by atomic mass is 10.1. The second-order valence-electron chi connectivity index (χ2n) is 7.27. The molecule has 0 saturated carbocycles. The molecule has 0 saturated heterocycles. The molecule has 0 fully saturated rings. The Bertz CT molecular complexity index is 1330. The van der Waals surface area contributed by atoms with Gasteiger partial charge in [0.2, 0.25) is 5.91 Å². The van der Waals surface area contributed by atoms with E-state index in [1.807, 2.05) is 30.3 Å². The maximum atomic E-state index is 12.7. The molecule has 0 aliphatic heterocycles. The third-order valence-electron chi connectivity index (χ3n) is 5.02. The topological polar surface area (TPSA) is 111 Å². The molecule has 2 aromatic heterocycles. The molecular formula is C23H22N6O3. The van der Waals surface area contributed by atoms with Crippen molar-refractivity contribution in [3.8, 4) is 0 Å². The van der Waals surface area contributed by atoms with E-state index in [2.05, 4.69) is 20.7 Å². The number of fused-ring (bicyclic) bond motifs is 1. The highest BCUT2D eigenvalue weighted by atomic mass is 16.2. The number of nitrogens with zero attached hydrogens (tertiary/aromatic N) is 4. The van der Waals surface area contributed by atoms with E-state index in [1.165, 1.54) is 21.8 Å². The van der Waals surface area contributed by atoms with Crippen molar-refractivity contribution < 1.29 is 9.59 Å². The lowest BCUT2D eigenvalue weighted by molar-refractivity contribution is -0.116. The number of para-hydroxylation sites is 1. The molecule has 32 heavy (non-hydrogen) atoms. The summed E-state index contributed by atoms with van der Waals surface area (Å²) in [5, 5.41) is 9.95. The van der Waals surface area contributed by atoms with Crippen LogP contribution in [0.15, 0.2) is 71.9 Å². The summed E-state index contributed by atoms with van der Waals surface area (Å²) in [6, 6.07) is 16.6. The number of nitrogens with one attached hydrogen (secondary N) is 2. The fourth-order valence-corrected chi connectivity index (χ4v) is 3.37. The van der Waals surface area contributed by atoms with Gasteiger partial charge >= 0.3 is 0 Å². The Hall–Kier alpha value is -4.27. The normalized spacial score (nSPS) is 10.8. The van der Waals surface area contributed by atoms with Crippen LogP contribution in [-0.4, -0.2) is 37.7 Å². The summed E-state index contributed by atoms with van der Waals surface area (Å²) in [6.07, 6.45) is 3.44. The van der Waals surface area contributed by atoms with Crippen LogP contribution < -0.4 is 16.2 Å². The largest absolute Gasteiger partial charge is 0.352 e. The molecule has 2 amide bonds. The summed E-state index contributed by atoms with van der Waals surface area (Å²) in [5.41, 5.74) is 1.94. The summed E-state index contributed by atoms with van der Waals surface area (Å²) in [5.74, 6) is -0.728. The van der Waals surface area contributed by atoms with Gasteiger partial charge in [0, 0.05) is 13.6 Å². The van der Waals surface area contributed by atoms with Gasteiger partial charge in [-0.25, -0.2) is 4.98 Å². The highest BCUT2D eigenvalue weighted by molar-refractivity contribution is 6.03. The molecule has 4 aromatic rings. The molecule has 0 aliphatic carbocycles. The number of rotatable bonds is 7. The maximum Gasteiger partial charge on any atom is 0.264 e. The Morgan fingerprint density at radius 2 is 1.78 bits per heavy atom. The molecule has 9 heteroatoms. The number of aromatic nitrogens is 4. The van der Waals surface area contributed by atoms with Crippen LogP contribution in [0.25, 0.3) is 11.0 Å². The smallest absolute Gasteiger partial charge is 0.264 e. The van der Waals surface area contributed by atoms with Crippen molar-refractivity contribution in [3.63, 3.8) is 0 Å². The Kier molecular flexibility index (Phi) is 6.07. The van der Waals surface area contributed by atoms with Gasteiger partial charge in [0.25, 0.3) is 11.5 Å². The molecule has 0 aliphatic rings. The molecule has 4 rings (SSSR count). The number of amides is 2. The van der Waals surface area contributed by atoms with Crippen LogP contribution in [0.4, 0.5) is 5.69 Å². The average molecular weight is 430 g/mol. The number of benzene rings is 2. The first kappa shape index (κ1) is 21.0. The number of aryl methyl sites for hydroxylation is 1. The van der Waals surface area contributed by atoms with Crippen molar-refractivity contribution in [2.24, 2.45) is 7.05 Å². The van der Waals surface area contributed by atoms with Crippen molar-refractivity contribution in [2.75, 3.05) is 11.9 Å². The van der Waals surface area contributed by atoms with Gasteiger partial charge in [-0.2, -0.15) is 5.10 Å². The van der Waals surface area contributed by atoms with Gasteiger partial charge in [-0.15, -0.1) is 0 Å². The predicted octanol–water partition coefficient (Wildman–Crippen LogP) is 1.74. The fraction of sp³-hybridized carbons (Fsp3) is 0.174. The average Bonchev–Trinajstić information content (AvgIpc) is 3.18. The fourth-order valence-electron chi connectivity index (χ4n) is 3.37. The molecule has 0 spiro atoms. The Balaban J connectivity index is 1.42. The first-order valence-electron chi connectivity index (χ1n) is 10.1. The Labute approximate surface area is 183 Å². The van der Waals surface area contributed by atoms with Gasteiger partial charge in [-0.05, 0) is 24.1 Å². The molecule has 0 bridgehead atoms. The van der Waals surface area contributed by atoms with E-state index < -0.39 is 5.91 Å². The van der Waals surface area contributed by atoms with Crippen molar-refractivity contribution in [2.45, 2.75) is 13.0 Å². The number of hydrogen-bond donors (Lipinski definition) is 2. The van der Waals surface area contributed by atoms with Gasteiger partial charge in [0.15, 0.2) is 5.65 Å². The highest BCUT2D eigenvalue weighted by Crippen LogP contribution is 2.15. The van der Waals surface area contributed by atoms with Gasteiger partial charge in [0.05, 0.1) is 17.4 Å². The SMILES string of the molecule is Cn1ncc2c(=O)n(CC(=O)Nc3ccccc3C(=O)NCCc3ccccc3)cnc21. The summed E-state index contributed by atoms with van der Waals surface area (Å²) in [7, 11) is 1.69. The first-order chi connectivity index (χ1) is 15.5. The lowest BCUT2D eigenvalue weighted by Gasteiger charge is -2.12. The molecule has 0 unspecified atom stereocenters. The van der Waals surface area contributed by atoms with Crippen molar-refractivity contribution >= 4 is 28.5 Å². The second-order valence-corrected chi connectivity index (χ2v) is 7.27. The first-order valence-corrected chi connectivity index (χ1v) is 10.1. The van der Waals surface area contributed by atoms with E-state index in [0.29, 0.717) is 35.2 Å². The van der Waals surface area contributed by atoms with Gasteiger partial charge < -0.3 is 10.6 Å². The minimum absolute atomic E-state index is 0.235. The summed E-state index contributed by atoms with van der Waals surface area (Å²) >= 11 is 0. The number of carbonyl (C=O) groups excluding carboxylic acids is 2. The molecule has 0 radical (unpaired) electrons. The monoisotopic (exact) mass is 430 g/mol. The summed E-state index contributed by atoms with van der Waals surface area (Å²) in [4.78, 5) is 42.0. The van der Waals surface area contributed by atoms with E-state index in [1.54, 1.807) is 31.3 Å². The molecule has 9 nitrogen and oxygen atoms in total. The van der Waals surface area contributed by atoms with Gasteiger partial charge in [0.1, 0.15) is 18.3 Å². The van der Waals surface area contributed by atoms with E-state index in [9.17, 15) is 14.4 Å². The van der Waals surface area contributed by atoms with E-state index >= 15 is 0 Å². The van der Waals surface area contributed by atoms with Crippen LogP contribution in [0, 0.1) is 0 Å². The van der Waals surface area contributed by atoms with E-state index in [0.717, 1.165) is 5.56 Å². The van der Waals surface area contributed by atoms with Crippen LogP contribution in [0.2, 0.25) is 0 Å². The van der Waals surface area contributed by atoms with E-state index in [4.69, 9.17) is 0 Å². The zero-order valence-electron chi connectivity index (χ0n) is 17.5. The number of carbonyl (C=O) groups is 2. The summed E-state index contributed by atoms with van der Waals surface area (Å²) in [6.45, 7) is 0.234. The highest BCUT2D eigenvalue weighted by Gasteiger charge is 2.15. The maximum absolute atomic E-state index is 12.7. The Morgan fingerprint density at radius 3 is 2.59 bits per heavy atom. The number of anilines is 1. The van der Waals surface area contributed by atoms with Crippen LogP contribution in [0.1, 0.15) is 15.9 Å². The van der Waals surface area contributed by atoms with Crippen LogP contribution in [0.5, 0.6) is 0 Å². The van der Waals surface area contributed by atoms with Crippen LogP contribution in [-0.2, 0) is 24.8 Å². The number of hydrogen-bond acceptors (Lipinski definition) is 5. The lowest BCUT2D eigenvalue weighted by Crippen LogP contribution is -2.30. The molecule has 2 aromatic carbocycles. The zero-order chi connectivity index (χ0) is 22.5. The minimum atomic E-state index is -0.443. The van der Waals surface area contributed by atoms with Crippen molar-refractivity contribution in [3.05, 3.63) is 88.6 Å². The molecule has 0 atom stereocenters. The Morgan fingerprint density at radius 1 is 1.03 bits per heavy atom.